The van der Waals surface area contributed by atoms with Crippen LogP contribution in [0.4, 0.5) is 39.5 Å². The van der Waals surface area contributed by atoms with E-state index in [1.807, 2.05) is 4.98 Å². The Morgan fingerprint density at radius 2 is 1.17 bits per heavy atom. The van der Waals surface area contributed by atoms with E-state index in [9.17, 15) is 39.5 Å². The lowest BCUT2D eigenvalue weighted by atomic mass is 10.1. The molecule has 1 aromatic heterocycles. The fourth-order valence-electron chi connectivity index (χ4n) is 1.06. The molecule has 18 heavy (non-hydrogen) atoms. The molecule has 0 fully saturated rings. The lowest BCUT2D eigenvalue weighted by Gasteiger charge is -2.16. The standard InChI is InChI=1S/C8H2F9N/c9-6(10,11)3-1-2-4(7(12,13)14)18-5(3)8(15,16)17/h1-2H. The third kappa shape index (κ3) is 3.05. The van der Waals surface area contributed by atoms with Gasteiger partial charge >= 0.3 is 18.5 Å². The molecule has 1 rings (SSSR count). The first kappa shape index (κ1) is 14.6. The van der Waals surface area contributed by atoms with E-state index < -0.39 is 35.5 Å². The van der Waals surface area contributed by atoms with Crippen LogP contribution in [0.3, 0.4) is 0 Å². The normalized spacial score (nSPS) is 13.8. The molecule has 0 amide bonds. The van der Waals surface area contributed by atoms with Gasteiger partial charge in [-0.05, 0) is 12.1 Å². The van der Waals surface area contributed by atoms with Crippen molar-refractivity contribution in [2.45, 2.75) is 18.5 Å². The molecule has 0 saturated carbocycles. The van der Waals surface area contributed by atoms with Crippen LogP contribution in [0.15, 0.2) is 12.1 Å². The minimum absolute atomic E-state index is 0.155. The number of alkyl halides is 9. The van der Waals surface area contributed by atoms with Crippen LogP contribution < -0.4 is 0 Å². The van der Waals surface area contributed by atoms with Crippen LogP contribution in [0.25, 0.3) is 0 Å². The monoisotopic (exact) mass is 283 g/mol. The fraction of sp³-hybridized carbons (Fsp3) is 0.375. The van der Waals surface area contributed by atoms with Gasteiger partial charge in [-0.15, -0.1) is 0 Å². The van der Waals surface area contributed by atoms with Crippen LogP contribution >= 0.6 is 0 Å². The summed E-state index contributed by atoms with van der Waals surface area (Å²) in [5.74, 6) is 0. The number of rotatable bonds is 0. The molecular formula is C8H2F9N. The van der Waals surface area contributed by atoms with Crippen molar-refractivity contribution in [2.75, 3.05) is 0 Å². The second-order valence-electron chi connectivity index (χ2n) is 3.09. The van der Waals surface area contributed by atoms with Gasteiger partial charge in [0.2, 0.25) is 0 Å². The van der Waals surface area contributed by atoms with Crippen LogP contribution in [0.5, 0.6) is 0 Å². The molecule has 1 nitrogen and oxygen atoms in total. The van der Waals surface area contributed by atoms with Gasteiger partial charge in [0, 0.05) is 0 Å². The molecular weight excluding hydrogens is 281 g/mol. The van der Waals surface area contributed by atoms with Crippen molar-refractivity contribution in [1.29, 1.82) is 0 Å². The highest BCUT2D eigenvalue weighted by molar-refractivity contribution is 5.29. The third-order valence-corrected chi connectivity index (χ3v) is 1.76. The average molecular weight is 283 g/mol. The molecule has 0 spiro atoms. The van der Waals surface area contributed by atoms with E-state index in [-0.39, 0.29) is 12.1 Å². The minimum Gasteiger partial charge on any atom is -0.238 e. The topological polar surface area (TPSA) is 12.9 Å². The summed E-state index contributed by atoms with van der Waals surface area (Å²) in [6.07, 6.45) is -16.3. The molecule has 0 aliphatic heterocycles. The minimum atomic E-state index is -5.63. The largest absolute Gasteiger partial charge is 0.433 e. The van der Waals surface area contributed by atoms with Gasteiger partial charge < -0.3 is 0 Å². The average Bonchev–Trinajstić information content (AvgIpc) is 2.12. The van der Waals surface area contributed by atoms with Crippen molar-refractivity contribution in [2.24, 2.45) is 0 Å². The zero-order chi connectivity index (χ0) is 14.4. The summed E-state index contributed by atoms with van der Waals surface area (Å²) in [6.45, 7) is 0. The van der Waals surface area contributed by atoms with Gasteiger partial charge in [0.1, 0.15) is 5.69 Å². The van der Waals surface area contributed by atoms with Crippen molar-refractivity contribution >= 4 is 0 Å². The smallest absolute Gasteiger partial charge is 0.238 e. The Morgan fingerprint density at radius 3 is 1.50 bits per heavy atom. The lowest BCUT2D eigenvalue weighted by Crippen LogP contribution is -2.21. The van der Waals surface area contributed by atoms with Crippen LogP contribution in [0.2, 0.25) is 0 Å². The zero-order valence-corrected chi connectivity index (χ0v) is 8.00. The number of pyridine rings is 1. The molecule has 0 aliphatic rings. The van der Waals surface area contributed by atoms with Gasteiger partial charge in [0.05, 0.1) is 5.56 Å². The number of aromatic nitrogens is 1. The molecule has 0 saturated heterocycles. The summed E-state index contributed by atoms with van der Waals surface area (Å²) >= 11 is 0. The Hall–Kier alpha value is -1.48. The third-order valence-electron chi connectivity index (χ3n) is 1.76. The quantitative estimate of drug-likeness (QED) is 0.652. The van der Waals surface area contributed by atoms with E-state index in [0.717, 1.165) is 0 Å². The number of halogens is 9. The molecule has 0 aromatic carbocycles. The molecule has 10 heteroatoms. The van der Waals surface area contributed by atoms with Crippen molar-refractivity contribution in [3.8, 4) is 0 Å². The first-order valence-corrected chi connectivity index (χ1v) is 4.06. The summed E-state index contributed by atoms with van der Waals surface area (Å²) < 4.78 is 109. The van der Waals surface area contributed by atoms with Crippen LogP contribution in [-0.4, -0.2) is 4.98 Å². The Bertz CT molecular complexity index is 439. The van der Waals surface area contributed by atoms with Crippen LogP contribution in [0, 0.1) is 0 Å². The molecule has 1 heterocycles. The lowest BCUT2D eigenvalue weighted by molar-refractivity contribution is -0.168. The van der Waals surface area contributed by atoms with E-state index in [1.54, 1.807) is 0 Å². The summed E-state index contributed by atoms with van der Waals surface area (Å²) in [5.41, 5.74) is -6.91. The molecule has 0 atom stereocenters. The van der Waals surface area contributed by atoms with Crippen molar-refractivity contribution in [1.82, 2.24) is 4.98 Å². The Balaban J connectivity index is 3.50. The maximum absolute atomic E-state index is 12.2. The number of nitrogens with zero attached hydrogens (tertiary/aromatic N) is 1. The first-order chi connectivity index (χ1) is 7.83. The molecule has 0 unspecified atom stereocenters. The highest BCUT2D eigenvalue weighted by Crippen LogP contribution is 2.40. The molecule has 0 aliphatic carbocycles. The molecule has 0 N–H and O–H groups in total. The molecule has 1 aromatic rings. The van der Waals surface area contributed by atoms with Crippen molar-refractivity contribution in [3.05, 3.63) is 29.1 Å². The maximum Gasteiger partial charge on any atom is 0.433 e. The Kier molecular flexibility index (Phi) is 3.26. The van der Waals surface area contributed by atoms with Crippen LogP contribution in [0.1, 0.15) is 17.0 Å². The van der Waals surface area contributed by atoms with Gasteiger partial charge in [-0.2, -0.15) is 39.5 Å². The summed E-state index contributed by atoms with van der Waals surface area (Å²) in [6, 6.07) is -0.448. The SMILES string of the molecule is FC(F)(F)c1ccc(C(F)(F)F)c(C(F)(F)F)n1. The summed E-state index contributed by atoms with van der Waals surface area (Å²) in [5, 5.41) is 0. The highest BCUT2D eigenvalue weighted by Gasteiger charge is 2.46. The summed E-state index contributed by atoms with van der Waals surface area (Å²) in [4.78, 5) is 2.01. The van der Waals surface area contributed by atoms with Crippen molar-refractivity contribution < 1.29 is 39.5 Å². The first-order valence-electron chi connectivity index (χ1n) is 4.06. The Labute approximate surface area is 93.2 Å². The van der Waals surface area contributed by atoms with E-state index >= 15 is 0 Å². The highest BCUT2D eigenvalue weighted by atomic mass is 19.4. The number of hydrogen-bond acceptors (Lipinski definition) is 1. The predicted molar refractivity (Wildman–Crippen MR) is 39.2 cm³/mol. The van der Waals surface area contributed by atoms with Gasteiger partial charge in [-0.3, -0.25) is 0 Å². The fourth-order valence-corrected chi connectivity index (χ4v) is 1.06. The Morgan fingerprint density at radius 1 is 0.667 bits per heavy atom. The second-order valence-corrected chi connectivity index (χ2v) is 3.09. The maximum atomic E-state index is 12.2. The van der Waals surface area contributed by atoms with E-state index in [1.165, 1.54) is 0 Å². The van der Waals surface area contributed by atoms with Gasteiger partial charge in [-0.1, -0.05) is 0 Å². The summed E-state index contributed by atoms with van der Waals surface area (Å²) in [7, 11) is 0. The van der Waals surface area contributed by atoms with Gasteiger partial charge in [0.25, 0.3) is 0 Å². The van der Waals surface area contributed by atoms with Gasteiger partial charge in [0.15, 0.2) is 5.69 Å². The van der Waals surface area contributed by atoms with E-state index in [4.69, 9.17) is 0 Å². The zero-order valence-electron chi connectivity index (χ0n) is 8.00. The predicted octanol–water partition coefficient (Wildman–Crippen LogP) is 4.14. The van der Waals surface area contributed by atoms with Gasteiger partial charge in [-0.25, -0.2) is 4.98 Å². The second kappa shape index (κ2) is 4.02. The molecule has 0 bridgehead atoms. The van der Waals surface area contributed by atoms with Crippen molar-refractivity contribution in [3.63, 3.8) is 0 Å². The number of hydrogen-bond donors (Lipinski definition) is 0. The van der Waals surface area contributed by atoms with E-state index in [0.29, 0.717) is 0 Å². The van der Waals surface area contributed by atoms with E-state index in [2.05, 4.69) is 0 Å². The molecule has 102 valence electrons. The molecule has 0 radical (unpaired) electrons. The van der Waals surface area contributed by atoms with Crippen LogP contribution in [-0.2, 0) is 18.5 Å².